The van der Waals surface area contributed by atoms with Gasteiger partial charge in [-0.25, -0.2) is 0 Å². The summed E-state index contributed by atoms with van der Waals surface area (Å²) >= 11 is 0. The molecule has 1 saturated heterocycles. The molecule has 4 rings (SSSR count). The number of para-hydroxylation sites is 1. The van der Waals surface area contributed by atoms with E-state index in [4.69, 9.17) is 0 Å². The van der Waals surface area contributed by atoms with Gasteiger partial charge in [0, 0.05) is 43.0 Å². The zero-order valence-corrected chi connectivity index (χ0v) is 23.1. The molecule has 36 heavy (non-hydrogen) atoms. The van der Waals surface area contributed by atoms with Crippen molar-refractivity contribution in [3.63, 3.8) is 0 Å². The molecule has 5 heteroatoms. The van der Waals surface area contributed by atoms with Gasteiger partial charge in [-0.2, -0.15) is 0 Å². The van der Waals surface area contributed by atoms with Gasteiger partial charge >= 0.3 is 0 Å². The first-order valence-electron chi connectivity index (χ1n) is 13.5. The average molecular weight is 492 g/mol. The number of hydrogen-bond acceptors (Lipinski definition) is 2. The topological polar surface area (TPSA) is 65.2 Å². The monoisotopic (exact) mass is 491 g/mol. The number of carbonyl (C=O) groups excluding carboxylic acids is 2. The van der Waals surface area contributed by atoms with Gasteiger partial charge in [0.05, 0.1) is 0 Å². The number of fused-ring (bicyclic) bond motifs is 1. The van der Waals surface area contributed by atoms with Crippen molar-refractivity contribution >= 4 is 22.7 Å². The molecule has 1 aliphatic carbocycles. The molecule has 2 heterocycles. The van der Waals surface area contributed by atoms with Crippen molar-refractivity contribution in [2.75, 3.05) is 13.1 Å². The predicted molar refractivity (Wildman–Crippen MR) is 152 cm³/mol. The lowest BCUT2D eigenvalue weighted by atomic mass is 9.72. The maximum Gasteiger partial charge on any atom is 0.245 e. The van der Waals surface area contributed by atoms with Crippen LogP contribution in [0.1, 0.15) is 78.7 Å². The maximum atomic E-state index is 13.6. The summed E-state index contributed by atoms with van der Waals surface area (Å²) in [7, 11) is 0. The van der Waals surface area contributed by atoms with Crippen LogP contribution in [0.4, 0.5) is 0 Å². The molecule has 0 radical (unpaired) electrons. The predicted octanol–water partition coefficient (Wildman–Crippen LogP) is 6.90. The van der Waals surface area contributed by atoms with Crippen LogP contribution < -0.4 is 5.32 Å². The van der Waals surface area contributed by atoms with Gasteiger partial charge in [0.25, 0.3) is 0 Å². The van der Waals surface area contributed by atoms with Crippen molar-refractivity contribution in [1.82, 2.24) is 15.2 Å². The van der Waals surface area contributed by atoms with Crippen molar-refractivity contribution < 1.29 is 9.59 Å². The largest absolute Gasteiger partial charge is 0.361 e. The lowest BCUT2D eigenvalue weighted by molar-refractivity contribution is -0.138. The minimum Gasteiger partial charge on any atom is -0.361 e. The highest BCUT2D eigenvalue weighted by Crippen LogP contribution is 2.50. The highest BCUT2D eigenvalue weighted by molar-refractivity contribution is 5.90. The number of amides is 2. The van der Waals surface area contributed by atoms with Gasteiger partial charge < -0.3 is 15.2 Å². The number of aromatic nitrogens is 1. The number of nitrogens with zero attached hydrogens (tertiary/aromatic N) is 1. The molecule has 2 aliphatic rings. The van der Waals surface area contributed by atoms with E-state index < -0.39 is 6.04 Å². The second-order valence-corrected chi connectivity index (χ2v) is 9.21. The quantitative estimate of drug-likeness (QED) is 0.462. The molecule has 2 amide bonds. The highest BCUT2D eigenvalue weighted by Gasteiger charge is 2.43. The first kappa shape index (κ1) is 29.2. The Balaban J connectivity index is 0.00000109. The number of carbonyl (C=O) groups is 2. The van der Waals surface area contributed by atoms with Gasteiger partial charge in [-0.05, 0) is 53.9 Å². The molecule has 2 N–H and O–H groups in total. The average Bonchev–Trinajstić information content (AvgIpc) is 3.50. The van der Waals surface area contributed by atoms with Crippen LogP contribution in [0, 0.1) is 5.41 Å². The van der Waals surface area contributed by atoms with E-state index in [1.165, 1.54) is 18.1 Å². The Bertz CT molecular complexity index is 1090. The van der Waals surface area contributed by atoms with Crippen LogP contribution in [0.15, 0.2) is 66.9 Å². The minimum atomic E-state index is -0.595. The van der Waals surface area contributed by atoms with Gasteiger partial charge in [-0.1, -0.05) is 78.1 Å². The Morgan fingerprint density at radius 1 is 1.06 bits per heavy atom. The summed E-state index contributed by atoms with van der Waals surface area (Å²) in [6, 6.07) is 7.46. The zero-order valence-electron chi connectivity index (χ0n) is 23.1. The number of H-pyrrole nitrogens is 1. The molecule has 196 valence electrons. The third kappa shape index (κ3) is 5.83. The van der Waals surface area contributed by atoms with E-state index in [1.807, 2.05) is 76.1 Å². The van der Waals surface area contributed by atoms with Crippen LogP contribution in [0.25, 0.3) is 10.9 Å². The Morgan fingerprint density at radius 2 is 1.69 bits per heavy atom. The summed E-state index contributed by atoms with van der Waals surface area (Å²) in [5.41, 5.74) is 4.79. The third-order valence-electron chi connectivity index (χ3n) is 7.51. The highest BCUT2D eigenvalue weighted by atomic mass is 16.2. The summed E-state index contributed by atoms with van der Waals surface area (Å²) < 4.78 is 0. The summed E-state index contributed by atoms with van der Waals surface area (Å²) in [4.78, 5) is 30.9. The van der Waals surface area contributed by atoms with Crippen molar-refractivity contribution in [3.05, 3.63) is 72.5 Å². The standard InChI is InChI=1S/C27H33N3O2.2C2H6/c1-5-20-11-12-27(23(20)6-2)13-15-30(16-14-27)26(32)25(29-19(4)31)18(3)22-17-28-24-10-8-7-9-21(22)24;2*1-2/h5-10,17-18,25,28H,1-2,11-16H2,3-4H3,(H,29,31);2*1-2H3. The normalized spacial score (nSPS) is 17.9. The van der Waals surface area contributed by atoms with Crippen LogP contribution in [0.2, 0.25) is 0 Å². The molecule has 1 fully saturated rings. The van der Waals surface area contributed by atoms with Gasteiger partial charge in [0.1, 0.15) is 6.04 Å². The van der Waals surface area contributed by atoms with Gasteiger partial charge in [-0.15, -0.1) is 0 Å². The molecule has 1 spiro atoms. The van der Waals surface area contributed by atoms with E-state index in [0.717, 1.165) is 42.1 Å². The molecular weight excluding hydrogens is 446 g/mol. The second-order valence-electron chi connectivity index (χ2n) is 9.21. The first-order chi connectivity index (χ1) is 17.4. The van der Waals surface area contributed by atoms with Crippen LogP contribution in [-0.2, 0) is 9.59 Å². The SMILES string of the molecule is C=CC1=C(C=C)C2(CC1)CCN(C(=O)C(NC(C)=O)C(C)c1c[nH]c3ccccc13)CC2.CC.CC. The van der Waals surface area contributed by atoms with Crippen LogP contribution >= 0.6 is 0 Å². The fourth-order valence-corrected chi connectivity index (χ4v) is 5.68. The molecule has 1 aromatic heterocycles. The van der Waals surface area contributed by atoms with Gasteiger partial charge in [0.2, 0.25) is 11.8 Å². The van der Waals surface area contributed by atoms with Gasteiger partial charge in [0.15, 0.2) is 0 Å². The number of likely N-dealkylation sites (tertiary alicyclic amines) is 1. The number of hydrogen-bond donors (Lipinski definition) is 2. The number of rotatable bonds is 6. The number of piperidine rings is 1. The molecular formula is C31H45N3O2. The summed E-state index contributed by atoms with van der Waals surface area (Å²) in [5.74, 6) is -0.341. The van der Waals surface area contributed by atoms with Crippen LogP contribution in [0.3, 0.4) is 0 Å². The van der Waals surface area contributed by atoms with Gasteiger partial charge in [-0.3, -0.25) is 9.59 Å². The first-order valence-corrected chi connectivity index (χ1v) is 13.5. The molecule has 1 aliphatic heterocycles. The van der Waals surface area contributed by atoms with Crippen molar-refractivity contribution in [2.45, 2.75) is 79.2 Å². The fraction of sp³-hybridized carbons (Fsp3) is 0.484. The van der Waals surface area contributed by atoms with E-state index in [2.05, 4.69) is 29.5 Å². The lowest BCUT2D eigenvalue weighted by Gasteiger charge is -2.42. The molecule has 5 nitrogen and oxygen atoms in total. The summed E-state index contributed by atoms with van der Waals surface area (Å²) in [6.45, 7) is 20.9. The Morgan fingerprint density at radius 3 is 2.28 bits per heavy atom. The van der Waals surface area contributed by atoms with Crippen molar-refractivity contribution in [2.24, 2.45) is 5.41 Å². The minimum absolute atomic E-state index is 0.00101. The van der Waals surface area contributed by atoms with Crippen LogP contribution in [0.5, 0.6) is 0 Å². The fourth-order valence-electron chi connectivity index (χ4n) is 5.68. The smallest absolute Gasteiger partial charge is 0.245 e. The maximum absolute atomic E-state index is 13.6. The molecule has 0 saturated carbocycles. The molecule has 2 atom stereocenters. The number of benzene rings is 1. The second kappa shape index (κ2) is 13.3. The molecule has 0 bridgehead atoms. The van der Waals surface area contributed by atoms with Crippen molar-refractivity contribution in [1.29, 1.82) is 0 Å². The summed E-state index contributed by atoms with van der Waals surface area (Å²) in [6.07, 6.45) is 9.87. The zero-order chi connectivity index (χ0) is 26.9. The summed E-state index contributed by atoms with van der Waals surface area (Å²) in [5, 5.41) is 4.03. The van der Waals surface area contributed by atoms with E-state index in [-0.39, 0.29) is 23.1 Å². The number of nitrogens with one attached hydrogen (secondary N) is 2. The Labute approximate surface area is 217 Å². The lowest BCUT2D eigenvalue weighted by Crippen LogP contribution is -2.53. The Hall–Kier alpha value is -3.08. The van der Waals surface area contributed by atoms with E-state index in [9.17, 15) is 9.59 Å². The number of aromatic amines is 1. The molecule has 2 aromatic rings. The Kier molecular flexibility index (Phi) is 10.8. The number of allylic oxidation sites excluding steroid dienone is 4. The molecule has 1 aromatic carbocycles. The molecule has 2 unspecified atom stereocenters. The van der Waals surface area contributed by atoms with E-state index >= 15 is 0 Å². The van der Waals surface area contributed by atoms with E-state index in [0.29, 0.717) is 13.1 Å². The van der Waals surface area contributed by atoms with Crippen molar-refractivity contribution in [3.8, 4) is 0 Å². The third-order valence-corrected chi connectivity index (χ3v) is 7.51. The van der Waals surface area contributed by atoms with E-state index in [1.54, 1.807) is 0 Å². The van der Waals surface area contributed by atoms with Crippen LogP contribution in [-0.4, -0.2) is 40.8 Å².